The molecular weight excluding hydrogens is 360 g/mol. The highest BCUT2D eigenvalue weighted by atomic mass is 16.5. The van der Waals surface area contributed by atoms with Crippen LogP contribution in [0.4, 0.5) is 0 Å². The van der Waals surface area contributed by atoms with E-state index in [0.29, 0.717) is 31.4 Å². The van der Waals surface area contributed by atoms with Crippen LogP contribution in [0.5, 0.6) is 0 Å². The molecule has 2 aromatic heterocycles. The Balaban J connectivity index is 1.28. The quantitative estimate of drug-likeness (QED) is 0.741. The number of carbonyl (C=O) groups is 1. The van der Waals surface area contributed by atoms with Gasteiger partial charge in [0.2, 0.25) is 5.91 Å². The van der Waals surface area contributed by atoms with Crippen molar-refractivity contribution in [2.24, 2.45) is 0 Å². The smallest absolute Gasteiger partial charge is 0.233 e. The fourth-order valence-corrected chi connectivity index (χ4v) is 4.48. The van der Waals surface area contributed by atoms with Crippen molar-refractivity contribution in [3.8, 4) is 0 Å². The van der Waals surface area contributed by atoms with Gasteiger partial charge in [-0.15, -0.1) is 5.10 Å². The number of tetrazole rings is 1. The summed E-state index contributed by atoms with van der Waals surface area (Å²) < 4.78 is 9.23. The average molecular weight is 386 g/mol. The summed E-state index contributed by atoms with van der Waals surface area (Å²) >= 11 is 0. The molecule has 5 heterocycles. The molecule has 0 N–H and O–H groups in total. The van der Waals surface area contributed by atoms with Crippen LogP contribution in [0.3, 0.4) is 0 Å². The number of rotatable bonds is 2. The number of aromatic nitrogens is 7. The summed E-state index contributed by atoms with van der Waals surface area (Å²) in [4.78, 5) is 20.0. The average Bonchev–Trinajstić information content (AvgIpc) is 3.25. The molecule has 0 radical (unpaired) electrons. The number of hydrogen-bond donors (Lipinski definition) is 0. The maximum atomic E-state index is 13.3. The summed E-state index contributed by atoms with van der Waals surface area (Å²) in [5, 5.41) is 16.7. The molecule has 0 aliphatic carbocycles. The molecule has 1 saturated heterocycles. The summed E-state index contributed by atoms with van der Waals surface area (Å²) in [6.45, 7) is 4.38. The summed E-state index contributed by atoms with van der Waals surface area (Å²) in [5.41, 5.74) is 0. The van der Waals surface area contributed by atoms with Crippen molar-refractivity contribution in [3.05, 3.63) is 17.5 Å². The molecule has 0 aromatic carbocycles. The topological polar surface area (TPSA) is 104 Å². The lowest BCUT2D eigenvalue weighted by atomic mass is 10.00. The third-order valence-corrected chi connectivity index (χ3v) is 6.13. The molecule has 2 aromatic rings. The first kappa shape index (κ1) is 17.7. The van der Waals surface area contributed by atoms with Gasteiger partial charge in [0.15, 0.2) is 11.6 Å². The fourth-order valence-electron chi connectivity index (χ4n) is 4.48. The second-order valence-electron chi connectivity index (χ2n) is 7.88. The first-order chi connectivity index (χ1) is 13.8. The predicted octanol–water partition coefficient (Wildman–Crippen LogP) is 0.511. The van der Waals surface area contributed by atoms with Crippen LogP contribution in [-0.2, 0) is 29.0 Å². The molecule has 1 atom stereocenters. The van der Waals surface area contributed by atoms with Crippen molar-refractivity contribution in [1.82, 2.24) is 39.9 Å². The summed E-state index contributed by atoms with van der Waals surface area (Å²) in [6.07, 6.45) is 5.55. The largest absolute Gasteiger partial charge is 0.381 e. The highest BCUT2D eigenvalue weighted by molar-refractivity contribution is 5.83. The van der Waals surface area contributed by atoms with E-state index in [4.69, 9.17) is 14.8 Å². The van der Waals surface area contributed by atoms with Crippen LogP contribution in [-0.4, -0.2) is 72.1 Å². The van der Waals surface area contributed by atoms with Crippen molar-refractivity contribution in [3.63, 3.8) is 0 Å². The van der Waals surface area contributed by atoms with Gasteiger partial charge in [-0.3, -0.25) is 4.79 Å². The molecule has 0 bridgehead atoms. The van der Waals surface area contributed by atoms with E-state index in [0.717, 1.165) is 69.9 Å². The van der Waals surface area contributed by atoms with Gasteiger partial charge in [-0.05, 0) is 36.1 Å². The monoisotopic (exact) mass is 386 g/mol. The molecule has 0 saturated carbocycles. The Hall–Kier alpha value is -2.36. The molecule has 10 heteroatoms. The van der Waals surface area contributed by atoms with Gasteiger partial charge in [0, 0.05) is 45.2 Å². The minimum absolute atomic E-state index is 0.133. The molecule has 1 unspecified atom stereocenters. The van der Waals surface area contributed by atoms with E-state index in [-0.39, 0.29) is 11.8 Å². The van der Waals surface area contributed by atoms with Gasteiger partial charge < -0.3 is 9.64 Å². The van der Waals surface area contributed by atoms with E-state index >= 15 is 0 Å². The predicted molar refractivity (Wildman–Crippen MR) is 97.5 cm³/mol. The Morgan fingerprint density at radius 1 is 1.00 bits per heavy atom. The molecule has 10 nitrogen and oxygen atoms in total. The number of aryl methyl sites for hydroxylation is 1. The number of nitrogens with zero attached hydrogens (tertiary/aromatic N) is 8. The standard InChI is InChI=1S/C18H26N8O2/c27-18(14-3-1-2-7-26-17(14)20-22-23-26)24-8-4-15-19-16(21-25(15)10-9-24)13-5-11-28-12-6-13/h13-14H,1-12H2. The Labute approximate surface area is 163 Å². The molecule has 3 aliphatic heterocycles. The maximum absolute atomic E-state index is 13.3. The second-order valence-corrected chi connectivity index (χ2v) is 7.88. The van der Waals surface area contributed by atoms with E-state index in [1.54, 1.807) is 4.68 Å². The molecule has 3 aliphatic rings. The minimum Gasteiger partial charge on any atom is -0.381 e. The van der Waals surface area contributed by atoms with Crippen LogP contribution in [0.2, 0.25) is 0 Å². The van der Waals surface area contributed by atoms with Gasteiger partial charge in [0.05, 0.1) is 12.5 Å². The van der Waals surface area contributed by atoms with Gasteiger partial charge in [-0.1, -0.05) is 6.42 Å². The molecule has 0 spiro atoms. The van der Waals surface area contributed by atoms with Crippen LogP contribution < -0.4 is 0 Å². The Morgan fingerprint density at radius 2 is 1.89 bits per heavy atom. The molecule has 150 valence electrons. The van der Waals surface area contributed by atoms with Crippen LogP contribution in [0, 0.1) is 0 Å². The number of hydrogen-bond acceptors (Lipinski definition) is 7. The SMILES string of the molecule is O=C(C1CCCCn2nnnc21)N1CCc2nc(C3CCOCC3)nn2CC1. The highest BCUT2D eigenvalue weighted by Gasteiger charge is 2.33. The number of ether oxygens (including phenoxy) is 1. The third kappa shape index (κ3) is 3.30. The minimum atomic E-state index is -0.242. The zero-order chi connectivity index (χ0) is 18.9. The van der Waals surface area contributed by atoms with Crippen molar-refractivity contribution in [2.45, 2.75) is 63.5 Å². The molecule has 28 heavy (non-hydrogen) atoms. The number of fused-ring (bicyclic) bond motifs is 2. The molecule has 5 rings (SSSR count). The van der Waals surface area contributed by atoms with Gasteiger partial charge in [0.25, 0.3) is 0 Å². The Bertz CT molecular complexity index is 815. The third-order valence-electron chi connectivity index (χ3n) is 6.13. The van der Waals surface area contributed by atoms with Crippen LogP contribution in [0.15, 0.2) is 0 Å². The first-order valence-corrected chi connectivity index (χ1v) is 10.4. The van der Waals surface area contributed by atoms with E-state index in [1.165, 1.54) is 0 Å². The zero-order valence-corrected chi connectivity index (χ0v) is 16.0. The van der Waals surface area contributed by atoms with Crippen LogP contribution in [0.1, 0.15) is 61.4 Å². The van der Waals surface area contributed by atoms with Crippen molar-refractivity contribution >= 4 is 5.91 Å². The van der Waals surface area contributed by atoms with Gasteiger partial charge in [0.1, 0.15) is 5.82 Å². The Kier molecular flexibility index (Phi) is 4.79. The highest BCUT2D eigenvalue weighted by Crippen LogP contribution is 2.28. The van der Waals surface area contributed by atoms with Gasteiger partial charge in [-0.2, -0.15) is 5.10 Å². The summed E-state index contributed by atoms with van der Waals surface area (Å²) in [5.74, 6) is 2.94. The summed E-state index contributed by atoms with van der Waals surface area (Å²) in [7, 11) is 0. The fraction of sp³-hybridized carbons (Fsp3) is 0.778. The molecular formula is C18H26N8O2. The van der Waals surface area contributed by atoms with E-state index in [1.807, 2.05) is 9.58 Å². The van der Waals surface area contributed by atoms with Gasteiger partial charge in [-0.25, -0.2) is 14.3 Å². The first-order valence-electron chi connectivity index (χ1n) is 10.4. The lowest BCUT2D eigenvalue weighted by molar-refractivity contribution is -0.133. The van der Waals surface area contributed by atoms with Crippen LogP contribution >= 0.6 is 0 Å². The zero-order valence-electron chi connectivity index (χ0n) is 16.0. The lowest BCUT2D eigenvalue weighted by Crippen LogP contribution is -2.38. The Morgan fingerprint density at radius 3 is 2.79 bits per heavy atom. The normalized spacial score (nSPS) is 23.6. The number of carbonyl (C=O) groups excluding carboxylic acids is 1. The number of amides is 1. The van der Waals surface area contributed by atoms with E-state index in [9.17, 15) is 4.79 Å². The van der Waals surface area contributed by atoms with Crippen LogP contribution in [0.25, 0.3) is 0 Å². The summed E-state index contributed by atoms with van der Waals surface area (Å²) in [6, 6.07) is 0. The maximum Gasteiger partial charge on any atom is 0.233 e. The van der Waals surface area contributed by atoms with Gasteiger partial charge >= 0.3 is 0 Å². The van der Waals surface area contributed by atoms with Crippen molar-refractivity contribution in [2.75, 3.05) is 26.3 Å². The molecule has 1 fully saturated rings. The lowest BCUT2D eigenvalue weighted by Gasteiger charge is -2.24. The van der Waals surface area contributed by atoms with Crippen molar-refractivity contribution in [1.29, 1.82) is 0 Å². The molecule has 1 amide bonds. The van der Waals surface area contributed by atoms with Crippen molar-refractivity contribution < 1.29 is 9.53 Å². The van der Waals surface area contributed by atoms with E-state index < -0.39 is 0 Å². The van der Waals surface area contributed by atoms with E-state index in [2.05, 4.69) is 15.5 Å². The second kappa shape index (κ2) is 7.57.